The molecule has 0 spiro atoms. The minimum atomic E-state index is 0.558. The van der Waals surface area contributed by atoms with Crippen molar-refractivity contribution in [2.75, 3.05) is 0 Å². The maximum Gasteiger partial charge on any atom is 0.238 e. The van der Waals surface area contributed by atoms with Gasteiger partial charge in [-0.3, -0.25) is 4.57 Å². The summed E-state index contributed by atoms with van der Waals surface area (Å²) in [6.45, 7) is 0. The Morgan fingerprint density at radius 3 is 1.70 bits per heavy atom. The lowest BCUT2D eigenvalue weighted by Crippen LogP contribution is -2.06. The third-order valence-electron chi connectivity index (χ3n) is 10.7. The predicted octanol–water partition coefficient (Wildman–Crippen LogP) is 13.2. The minimum Gasteiger partial charge on any atom is -0.278 e. The number of thiophene rings is 2. The Hall–Kier alpha value is -7.13. The van der Waals surface area contributed by atoms with Gasteiger partial charge in [0, 0.05) is 63.3 Å². The standard InChI is InChI=1S/C49H28N6S2/c1-3-14-29(15-4-1)46-52-47(30-16-5-2-6-17-30)54-49(53-46)55-38-23-10-7-18-32(38)37-28-31(26-27-39(37)55)48-50-42-35-20-9-12-25-41(35)57-45(42)43(51-48)36-22-13-21-34-33-19-8-11-24-40(33)56-44(34)36/h1-28H. The van der Waals surface area contributed by atoms with Gasteiger partial charge in [-0.05, 0) is 36.4 Å². The second-order valence-electron chi connectivity index (χ2n) is 14.1. The molecule has 266 valence electrons. The third kappa shape index (κ3) is 5.12. The molecule has 0 amide bonds. The normalized spacial score (nSPS) is 11.9. The largest absolute Gasteiger partial charge is 0.278 e. The summed E-state index contributed by atoms with van der Waals surface area (Å²) in [5.41, 5.74) is 7.86. The van der Waals surface area contributed by atoms with E-state index in [-0.39, 0.29) is 0 Å². The van der Waals surface area contributed by atoms with E-state index in [2.05, 4.69) is 114 Å². The molecule has 0 aliphatic heterocycles. The van der Waals surface area contributed by atoms with E-state index >= 15 is 0 Å². The Kier molecular flexibility index (Phi) is 7.17. The lowest BCUT2D eigenvalue weighted by atomic mass is 10.0. The molecule has 0 fully saturated rings. The first kappa shape index (κ1) is 32.1. The number of fused-ring (bicyclic) bond motifs is 9. The highest BCUT2D eigenvalue weighted by Gasteiger charge is 2.22. The van der Waals surface area contributed by atoms with E-state index in [0.717, 1.165) is 65.4 Å². The van der Waals surface area contributed by atoms with Crippen molar-refractivity contribution in [2.24, 2.45) is 0 Å². The van der Waals surface area contributed by atoms with Crippen LogP contribution < -0.4 is 0 Å². The second-order valence-corrected chi connectivity index (χ2v) is 16.2. The van der Waals surface area contributed by atoms with Crippen LogP contribution in [0.5, 0.6) is 0 Å². The van der Waals surface area contributed by atoms with Crippen LogP contribution in [-0.4, -0.2) is 29.5 Å². The molecule has 8 heteroatoms. The molecule has 12 rings (SSSR count). The molecule has 5 aromatic heterocycles. The van der Waals surface area contributed by atoms with E-state index in [4.69, 9.17) is 24.9 Å². The molecule has 0 saturated heterocycles. The highest BCUT2D eigenvalue weighted by atomic mass is 32.1. The minimum absolute atomic E-state index is 0.558. The Morgan fingerprint density at radius 1 is 0.368 bits per heavy atom. The van der Waals surface area contributed by atoms with Crippen molar-refractivity contribution >= 4 is 85.0 Å². The van der Waals surface area contributed by atoms with Crippen LogP contribution in [-0.2, 0) is 0 Å². The summed E-state index contributed by atoms with van der Waals surface area (Å²) in [4.78, 5) is 26.0. The zero-order valence-electron chi connectivity index (χ0n) is 30.2. The first-order valence-electron chi connectivity index (χ1n) is 18.8. The van der Waals surface area contributed by atoms with Crippen molar-refractivity contribution in [3.8, 4) is 51.4 Å². The summed E-state index contributed by atoms with van der Waals surface area (Å²) in [6.07, 6.45) is 0. The zero-order valence-corrected chi connectivity index (χ0v) is 31.8. The summed E-state index contributed by atoms with van der Waals surface area (Å²) < 4.78 is 6.96. The molecule has 0 N–H and O–H groups in total. The summed E-state index contributed by atoms with van der Waals surface area (Å²) in [6, 6.07) is 59.0. The molecule has 6 nitrogen and oxygen atoms in total. The molecule has 12 aromatic rings. The monoisotopic (exact) mass is 764 g/mol. The fraction of sp³-hybridized carbons (Fsp3) is 0. The van der Waals surface area contributed by atoms with Gasteiger partial charge in [-0.1, -0.05) is 133 Å². The van der Waals surface area contributed by atoms with E-state index in [1.54, 1.807) is 11.3 Å². The van der Waals surface area contributed by atoms with E-state index < -0.39 is 0 Å². The lowest BCUT2D eigenvalue weighted by Gasteiger charge is -2.11. The van der Waals surface area contributed by atoms with Gasteiger partial charge < -0.3 is 0 Å². The average molecular weight is 765 g/mol. The maximum atomic E-state index is 5.47. The lowest BCUT2D eigenvalue weighted by molar-refractivity contribution is 0.953. The Bertz CT molecular complexity index is 3470. The third-order valence-corrected chi connectivity index (χ3v) is 13.1. The van der Waals surface area contributed by atoms with Gasteiger partial charge in [0.25, 0.3) is 0 Å². The highest BCUT2D eigenvalue weighted by Crippen LogP contribution is 2.45. The summed E-state index contributed by atoms with van der Waals surface area (Å²) in [5.74, 6) is 2.49. The summed E-state index contributed by atoms with van der Waals surface area (Å²) in [7, 11) is 0. The predicted molar refractivity (Wildman–Crippen MR) is 237 cm³/mol. The number of para-hydroxylation sites is 1. The molecule has 0 bridgehead atoms. The van der Waals surface area contributed by atoms with Crippen molar-refractivity contribution in [3.05, 3.63) is 170 Å². The van der Waals surface area contributed by atoms with Crippen molar-refractivity contribution in [2.45, 2.75) is 0 Å². The molecular formula is C49H28N6S2. The number of rotatable bonds is 5. The summed E-state index contributed by atoms with van der Waals surface area (Å²) >= 11 is 3.59. The molecule has 0 atom stereocenters. The number of nitrogens with zero attached hydrogens (tertiary/aromatic N) is 6. The van der Waals surface area contributed by atoms with Crippen molar-refractivity contribution in [3.63, 3.8) is 0 Å². The molecule has 5 heterocycles. The van der Waals surface area contributed by atoms with Crippen LogP contribution in [0.1, 0.15) is 0 Å². The van der Waals surface area contributed by atoms with Crippen LogP contribution in [0.4, 0.5) is 0 Å². The smallest absolute Gasteiger partial charge is 0.238 e. The van der Waals surface area contributed by atoms with E-state index in [1.807, 2.05) is 72.0 Å². The quantitative estimate of drug-likeness (QED) is 0.175. The van der Waals surface area contributed by atoms with E-state index in [9.17, 15) is 0 Å². The number of aromatic nitrogens is 6. The van der Waals surface area contributed by atoms with Crippen LogP contribution in [0.15, 0.2) is 170 Å². The zero-order chi connectivity index (χ0) is 37.5. The van der Waals surface area contributed by atoms with Gasteiger partial charge in [0.05, 0.1) is 26.9 Å². The van der Waals surface area contributed by atoms with Gasteiger partial charge in [0.2, 0.25) is 5.95 Å². The van der Waals surface area contributed by atoms with Gasteiger partial charge >= 0.3 is 0 Å². The number of hydrogen-bond donors (Lipinski definition) is 0. The molecule has 0 aliphatic rings. The van der Waals surface area contributed by atoms with Gasteiger partial charge in [-0.25, -0.2) is 15.0 Å². The SMILES string of the molecule is c1ccc(-c2nc(-c3ccccc3)nc(-n3c4ccccc4c4cc(-c5nc(-c6cccc7c6sc6ccccc67)c6sc7ccccc7c6n5)ccc43)n2)cc1. The summed E-state index contributed by atoms with van der Waals surface area (Å²) in [5, 5.41) is 5.82. The van der Waals surface area contributed by atoms with Gasteiger partial charge in [-0.15, -0.1) is 22.7 Å². The highest BCUT2D eigenvalue weighted by molar-refractivity contribution is 7.27. The van der Waals surface area contributed by atoms with Gasteiger partial charge in [-0.2, -0.15) is 9.97 Å². The Balaban J connectivity index is 1.10. The number of benzene rings is 7. The van der Waals surface area contributed by atoms with Crippen molar-refractivity contribution < 1.29 is 0 Å². The Morgan fingerprint density at radius 2 is 0.947 bits per heavy atom. The molecular weight excluding hydrogens is 737 g/mol. The first-order valence-corrected chi connectivity index (χ1v) is 20.4. The van der Waals surface area contributed by atoms with Crippen molar-refractivity contribution in [1.82, 2.24) is 29.5 Å². The molecule has 0 radical (unpaired) electrons. The van der Waals surface area contributed by atoms with Crippen LogP contribution >= 0.6 is 22.7 Å². The average Bonchev–Trinajstić information content (AvgIpc) is 3.96. The van der Waals surface area contributed by atoms with Gasteiger partial charge in [0.1, 0.15) is 0 Å². The second kappa shape index (κ2) is 12.7. The Labute approximate surface area is 334 Å². The maximum absolute atomic E-state index is 5.47. The number of hydrogen-bond acceptors (Lipinski definition) is 7. The molecule has 7 aromatic carbocycles. The molecule has 0 unspecified atom stereocenters. The fourth-order valence-electron chi connectivity index (χ4n) is 8.06. The van der Waals surface area contributed by atoms with Crippen molar-refractivity contribution in [1.29, 1.82) is 0 Å². The topological polar surface area (TPSA) is 69.4 Å². The molecule has 57 heavy (non-hydrogen) atoms. The van der Waals surface area contributed by atoms with Crippen LogP contribution in [0.2, 0.25) is 0 Å². The molecule has 0 saturated carbocycles. The van der Waals surface area contributed by atoms with Crippen LogP contribution in [0, 0.1) is 0 Å². The van der Waals surface area contributed by atoms with Crippen LogP contribution in [0.25, 0.3) is 114 Å². The van der Waals surface area contributed by atoms with E-state index in [1.165, 1.54) is 24.9 Å². The van der Waals surface area contributed by atoms with Crippen LogP contribution in [0.3, 0.4) is 0 Å². The van der Waals surface area contributed by atoms with E-state index in [0.29, 0.717) is 23.4 Å². The first-order chi connectivity index (χ1) is 28.2. The fourth-order valence-corrected chi connectivity index (χ4v) is 10.4. The van der Waals surface area contributed by atoms with Gasteiger partial charge in [0.15, 0.2) is 17.5 Å². The molecule has 0 aliphatic carbocycles.